The number of aryl methyl sites for hydroxylation is 2. The molecule has 1 N–H and O–H groups in total. The number of carbonyl (C=O) groups excluding carboxylic acids is 2. The van der Waals surface area contributed by atoms with Crippen molar-refractivity contribution >= 4 is 27.5 Å². The molecule has 0 aromatic heterocycles. The van der Waals surface area contributed by atoms with E-state index >= 15 is 0 Å². The summed E-state index contributed by atoms with van der Waals surface area (Å²) >= 11 is 0. The zero-order valence-corrected chi connectivity index (χ0v) is 26.7. The van der Waals surface area contributed by atoms with Gasteiger partial charge in [0.2, 0.25) is 11.8 Å². The Morgan fingerprint density at radius 2 is 1.33 bits per heavy atom. The van der Waals surface area contributed by atoms with E-state index in [1.54, 1.807) is 36.4 Å². The van der Waals surface area contributed by atoms with Crippen LogP contribution in [0.1, 0.15) is 75.6 Å². The van der Waals surface area contributed by atoms with Gasteiger partial charge in [-0.1, -0.05) is 87.4 Å². The third kappa shape index (κ3) is 8.22. The van der Waals surface area contributed by atoms with Gasteiger partial charge in [0.05, 0.1) is 10.6 Å². The molecule has 0 aliphatic rings. The lowest BCUT2D eigenvalue weighted by Gasteiger charge is -2.33. The second kappa shape index (κ2) is 14.5. The number of carbonyl (C=O) groups is 2. The molecule has 3 aromatic rings. The summed E-state index contributed by atoms with van der Waals surface area (Å²) in [6, 6.07) is 20.8. The number of anilines is 1. The first-order chi connectivity index (χ1) is 19.9. The van der Waals surface area contributed by atoms with Crippen LogP contribution in [0, 0.1) is 13.8 Å². The summed E-state index contributed by atoms with van der Waals surface area (Å²) in [7, 11) is -4.10. The standard InChI is InChI=1S/C34H45N3O4S/c1-8-27(7)35-34(39)32(9-2)36(22-28-14-10-25(5)11-15-28)33(38)23-37(30-18-16-29(17-19-30)24(3)4)42(40,41)31-20-12-26(6)13-21-31/h10-21,24,27,32H,8-9,22-23H2,1-7H3,(H,35,39). The van der Waals surface area contributed by atoms with Gasteiger partial charge in [-0.15, -0.1) is 0 Å². The van der Waals surface area contributed by atoms with Crippen molar-refractivity contribution in [2.45, 2.75) is 90.7 Å². The predicted molar refractivity (Wildman–Crippen MR) is 170 cm³/mol. The molecule has 0 bridgehead atoms. The third-order valence-corrected chi connectivity index (χ3v) is 9.38. The lowest BCUT2D eigenvalue weighted by molar-refractivity contribution is -0.140. The van der Waals surface area contributed by atoms with Gasteiger partial charge in [-0.3, -0.25) is 13.9 Å². The minimum absolute atomic E-state index is 0.0548. The maximum absolute atomic E-state index is 14.2. The van der Waals surface area contributed by atoms with E-state index in [-0.39, 0.29) is 29.3 Å². The molecule has 42 heavy (non-hydrogen) atoms. The molecule has 0 aliphatic heterocycles. The summed E-state index contributed by atoms with van der Waals surface area (Å²) in [5.74, 6) is -0.436. The van der Waals surface area contributed by atoms with Crippen LogP contribution in [0.25, 0.3) is 0 Å². The summed E-state index contributed by atoms with van der Waals surface area (Å²) in [5.41, 5.74) is 4.32. The van der Waals surface area contributed by atoms with Gasteiger partial charge >= 0.3 is 0 Å². The van der Waals surface area contributed by atoms with Crippen molar-refractivity contribution in [2.75, 3.05) is 10.8 Å². The minimum atomic E-state index is -4.10. The molecule has 0 aliphatic carbocycles. The molecule has 0 heterocycles. The average molecular weight is 592 g/mol. The highest BCUT2D eigenvalue weighted by Crippen LogP contribution is 2.27. The first kappa shape index (κ1) is 32.9. The first-order valence-electron chi connectivity index (χ1n) is 14.7. The second-order valence-corrected chi connectivity index (χ2v) is 13.2. The van der Waals surface area contributed by atoms with Gasteiger partial charge in [-0.2, -0.15) is 0 Å². The van der Waals surface area contributed by atoms with E-state index in [0.717, 1.165) is 33.0 Å². The number of nitrogens with zero attached hydrogens (tertiary/aromatic N) is 2. The summed E-state index contributed by atoms with van der Waals surface area (Å²) < 4.78 is 29.3. The second-order valence-electron chi connectivity index (χ2n) is 11.3. The summed E-state index contributed by atoms with van der Waals surface area (Å²) in [4.78, 5) is 29.2. The number of rotatable bonds is 13. The van der Waals surface area contributed by atoms with E-state index in [4.69, 9.17) is 0 Å². The van der Waals surface area contributed by atoms with E-state index < -0.39 is 28.5 Å². The Morgan fingerprint density at radius 3 is 1.83 bits per heavy atom. The molecular weight excluding hydrogens is 546 g/mol. The molecule has 3 rings (SSSR count). The Bertz CT molecular complexity index is 1430. The van der Waals surface area contributed by atoms with Crippen LogP contribution in [0.3, 0.4) is 0 Å². The average Bonchev–Trinajstić information content (AvgIpc) is 2.96. The molecule has 0 saturated heterocycles. The Labute approximate surface area is 252 Å². The first-order valence-corrected chi connectivity index (χ1v) is 16.2. The molecule has 226 valence electrons. The number of hydrogen-bond acceptors (Lipinski definition) is 4. The zero-order chi connectivity index (χ0) is 31.0. The van der Waals surface area contributed by atoms with Crippen LogP contribution in [0.4, 0.5) is 5.69 Å². The fourth-order valence-electron chi connectivity index (χ4n) is 4.64. The van der Waals surface area contributed by atoms with Crippen molar-refractivity contribution in [3.63, 3.8) is 0 Å². The number of hydrogen-bond donors (Lipinski definition) is 1. The van der Waals surface area contributed by atoms with Gasteiger partial charge in [-0.05, 0) is 74.9 Å². The topological polar surface area (TPSA) is 86.8 Å². The monoisotopic (exact) mass is 591 g/mol. The normalized spacial score (nSPS) is 13.0. The van der Waals surface area contributed by atoms with Crippen molar-refractivity contribution in [1.82, 2.24) is 10.2 Å². The van der Waals surface area contributed by atoms with Gasteiger partial charge in [-0.25, -0.2) is 8.42 Å². The number of sulfonamides is 1. The Balaban J connectivity index is 2.07. The molecule has 2 unspecified atom stereocenters. The number of benzene rings is 3. The molecule has 3 aromatic carbocycles. The van der Waals surface area contributed by atoms with E-state index in [0.29, 0.717) is 12.1 Å². The largest absolute Gasteiger partial charge is 0.352 e. The highest BCUT2D eigenvalue weighted by atomic mass is 32.2. The lowest BCUT2D eigenvalue weighted by atomic mass is 10.0. The van der Waals surface area contributed by atoms with Crippen LogP contribution in [0.5, 0.6) is 0 Å². The van der Waals surface area contributed by atoms with Crippen LogP contribution in [0.15, 0.2) is 77.7 Å². The van der Waals surface area contributed by atoms with E-state index in [2.05, 4.69) is 19.2 Å². The molecule has 0 spiro atoms. The Morgan fingerprint density at radius 1 is 0.786 bits per heavy atom. The van der Waals surface area contributed by atoms with Crippen molar-refractivity contribution < 1.29 is 18.0 Å². The van der Waals surface area contributed by atoms with Crippen molar-refractivity contribution in [1.29, 1.82) is 0 Å². The lowest BCUT2D eigenvalue weighted by Crippen LogP contribution is -2.53. The molecule has 8 heteroatoms. The molecule has 2 atom stereocenters. The van der Waals surface area contributed by atoms with Crippen molar-refractivity contribution in [2.24, 2.45) is 0 Å². The molecule has 0 radical (unpaired) electrons. The van der Waals surface area contributed by atoms with Gasteiger partial charge in [0.1, 0.15) is 12.6 Å². The van der Waals surface area contributed by atoms with Crippen LogP contribution in [0.2, 0.25) is 0 Å². The zero-order valence-electron chi connectivity index (χ0n) is 25.9. The molecule has 0 saturated carbocycles. The quantitative estimate of drug-likeness (QED) is 0.251. The third-order valence-electron chi connectivity index (χ3n) is 7.60. The SMILES string of the molecule is CCC(C)NC(=O)C(CC)N(Cc1ccc(C)cc1)C(=O)CN(c1ccc(C(C)C)cc1)S(=O)(=O)c1ccc(C)cc1. The van der Waals surface area contributed by atoms with Crippen LogP contribution < -0.4 is 9.62 Å². The summed E-state index contributed by atoms with van der Waals surface area (Å²) in [6.45, 7) is 13.5. The maximum atomic E-state index is 14.2. The van der Waals surface area contributed by atoms with Crippen LogP contribution >= 0.6 is 0 Å². The van der Waals surface area contributed by atoms with Gasteiger partial charge in [0.15, 0.2) is 0 Å². The Hall–Kier alpha value is -3.65. The predicted octanol–water partition coefficient (Wildman–Crippen LogP) is 6.34. The molecule has 0 fully saturated rings. The number of nitrogens with one attached hydrogen (secondary N) is 1. The smallest absolute Gasteiger partial charge is 0.264 e. The number of amides is 2. The highest BCUT2D eigenvalue weighted by molar-refractivity contribution is 7.92. The van der Waals surface area contributed by atoms with Gasteiger partial charge < -0.3 is 10.2 Å². The Kier molecular flexibility index (Phi) is 11.3. The molecule has 2 amide bonds. The molecular formula is C34H45N3O4S. The summed E-state index contributed by atoms with van der Waals surface area (Å²) in [6.07, 6.45) is 1.14. The van der Waals surface area contributed by atoms with Gasteiger partial charge in [0.25, 0.3) is 10.0 Å². The minimum Gasteiger partial charge on any atom is -0.352 e. The maximum Gasteiger partial charge on any atom is 0.264 e. The van der Waals surface area contributed by atoms with E-state index in [1.165, 1.54) is 4.90 Å². The van der Waals surface area contributed by atoms with Crippen LogP contribution in [-0.4, -0.2) is 43.8 Å². The van der Waals surface area contributed by atoms with Gasteiger partial charge in [0, 0.05) is 12.6 Å². The summed E-state index contributed by atoms with van der Waals surface area (Å²) in [5, 5.41) is 3.01. The fourth-order valence-corrected chi connectivity index (χ4v) is 6.06. The van der Waals surface area contributed by atoms with E-state index in [9.17, 15) is 18.0 Å². The van der Waals surface area contributed by atoms with Crippen molar-refractivity contribution in [3.8, 4) is 0 Å². The highest BCUT2D eigenvalue weighted by Gasteiger charge is 2.34. The van der Waals surface area contributed by atoms with Crippen molar-refractivity contribution in [3.05, 3.63) is 95.1 Å². The van der Waals surface area contributed by atoms with E-state index in [1.807, 2.05) is 71.0 Å². The fraction of sp³-hybridized carbons (Fsp3) is 0.412. The molecule has 7 nitrogen and oxygen atoms in total. The van der Waals surface area contributed by atoms with Crippen LogP contribution in [-0.2, 0) is 26.2 Å².